The number of amides is 1. The molecule has 1 aliphatic rings. The summed E-state index contributed by atoms with van der Waals surface area (Å²) < 4.78 is 5.03. The van der Waals surface area contributed by atoms with Crippen molar-refractivity contribution in [2.24, 2.45) is 0 Å². The molecule has 1 unspecified atom stereocenters. The lowest BCUT2D eigenvalue weighted by atomic mass is 9.97. The minimum atomic E-state index is -1.19. The largest absolute Gasteiger partial charge is 0.479 e. The highest BCUT2D eigenvalue weighted by atomic mass is 16.5. The Labute approximate surface area is 114 Å². The zero-order valence-electron chi connectivity index (χ0n) is 12.2. The highest BCUT2D eigenvalue weighted by Crippen LogP contribution is 2.30. The van der Waals surface area contributed by atoms with Gasteiger partial charge in [-0.25, -0.2) is 4.79 Å². The van der Waals surface area contributed by atoms with Crippen LogP contribution in [-0.4, -0.2) is 72.2 Å². The first-order valence-electron chi connectivity index (χ1n) is 6.58. The van der Waals surface area contributed by atoms with Crippen molar-refractivity contribution >= 4 is 11.9 Å². The molecule has 6 nitrogen and oxygen atoms in total. The van der Waals surface area contributed by atoms with Crippen LogP contribution in [0.1, 0.15) is 26.7 Å². The predicted octanol–water partition coefficient (Wildman–Crippen LogP) is 0.419. The van der Waals surface area contributed by atoms with Crippen LogP contribution in [0.3, 0.4) is 0 Å². The third kappa shape index (κ3) is 3.25. The van der Waals surface area contributed by atoms with Gasteiger partial charge in [0, 0.05) is 19.7 Å². The number of hydrogen-bond donors (Lipinski definition) is 1. The van der Waals surface area contributed by atoms with Crippen LogP contribution in [0.4, 0.5) is 0 Å². The average Bonchev–Trinajstić information content (AvgIpc) is 2.74. The van der Waals surface area contributed by atoms with Gasteiger partial charge in [-0.2, -0.15) is 0 Å². The Morgan fingerprint density at radius 1 is 1.47 bits per heavy atom. The van der Waals surface area contributed by atoms with Gasteiger partial charge in [-0.3, -0.25) is 9.69 Å². The molecule has 0 spiro atoms. The summed E-state index contributed by atoms with van der Waals surface area (Å²) in [5.74, 6) is -1.12. The minimum absolute atomic E-state index is 0.0411. The molecule has 1 amide bonds. The van der Waals surface area contributed by atoms with Crippen molar-refractivity contribution in [1.82, 2.24) is 9.80 Å². The van der Waals surface area contributed by atoms with E-state index in [1.54, 1.807) is 0 Å². The van der Waals surface area contributed by atoms with Crippen molar-refractivity contribution in [1.29, 1.82) is 0 Å². The molecule has 0 aliphatic carbocycles. The maximum absolute atomic E-state index is 12.3. The Morgan fingerprint density at radius 2 is 2.11 bits per heavy atom. The van der Waals surface area contributed by atoms with Crippen LogP contribution in [0.2, 0.25) is 0 Å². The number of likely N-dealkylation sites (tertiary alicyclic amines) is 1. The molecule has 19 heavy (non-hydrogen) atoms. The van der Waals surface area contributed by atoms with E-state index in [2.05, 4.69) is 0 Å². The number of carboxylic acid groups (broad SMARTS) is 1. The highest BCUT2D eigenvalue weighted by Gasteiger charge is 2.50. The average molecular weight is 272 g/mol. The van der Waals surface area contributed by atoms with Gasteiger partial charge in [0.1, 0.15) is 0 Å². The van der Waals surface area contributed by atoms with Crippen LogP contribution in [-0.2, 0) is 14.3 Å². The van der Waals surface area contributed by atoms with Crippen molar-refractivity contribution in [2.75, 3.05) is 33.9 Å². The number of nitrogens with zero attached hydrogens (tertiary/aromatic N) is 2. The molecular weight excluding hydrogens is 248 g/mol. The lowest BCUT2D eigenvalue weighted by Gasteiger charge is -2.35. The number of carbonyl (C=O) groups excluding carboxylic acids is 1. The second-order valence-electron chi connectivity index (χ2n) is 5.43. The third-order valence-corrected chi connectivity index (χ3v) is 3.84. The van der Waals surface area contributed by atoms with Crippen molar-refractivity contribution in [3.63, 3.8) is 0 Å². The summed E-state index contributed by atoms with van der Waals surface area (Å²) in [6, 6.07) is 0.244. The topological polar surface area (TPSA) is 70.1 Å². The molecule has 6 heteroatoms. The zero-order chi connectivity index (χ0) is 14.6. The van der Waals surface area contributed by atoms with Crippen molar-refractivity contribution in [3.05, 3.63) is 0 Å². The molecular formula is C13H24N2O4. The quantitative estimate of drug-likeness (QED) is 0.759. The first-order valence-corrected chi connectivity index (χ1v) is 6.58. The summed E-state index contributed by atoms with van der Waals surface area (Å²) in [7, 11) is 3.32. The number of carbonyl (C=O) groups is 2. The third-order valence-electron chi connectivity index (χ3n) is 3.84. The smallest absolute Gasteiger partial charge is 0.332 e. The van der Waals surface area contributed by atoms with E-state index in [-0.39, 0.29) is 25.1 Å². The molecule has 1 heterocycles. The van der Waals surface area contributed by atoms with Gasteiger partial charge >= 0.3 is 5.97 Å². The molecule has 0 aromatic carbocycles. The zero-order valence-corrected chi connectivity index (χ0v) is 12.2. The molecule has 0 aromatic heterocycles. The molecule has 0 bridgehead atoms. The standard InChI is InChI=1S/C13H24N2O4/c1-10(2)14(3)8-11(16)15-7-5-6-13(15,9-19-4)12(17)18/h10H,5-9H2,1-4H3,(H,17,18). The number of aliphatic carboxylic acids is 1. The highest BCUT2D eigenvalue weighted by molar-refractivity contribution is 5.88. The maximum Gasteiger partial charge on any atom is 0.332 e. The Morgan fingerprint density at radius 3 is 2.58 bits per heavy atom. The molecule has 1 atom stereocenters. The number of ether oxygens (including phenoxy) is 1. The summed E-state index contributed by atoms with van der Waals surface area (Å²) >= 11 is 0. The molecule has 110 valence electrons. The second kappa shape index (κ2) is 6.34. The second-order valence-corrected chi connectivity index (χ2v) is 5.43. The van der Waals surface area contributed by atoms with Crippen molar-refractivity contribution < 1.29 is 19.4 Å². The Balaban J connectivity index is 2.85. The summed E-state index contributed by atoms with van der Waals surface area (Å²) in [5.41, 5.74) is -1.19. The molecule has 0 saturated carbocycles. The molecule has 0 radical (unpaired) electrons. The summed E-state index contributed by atoms with van der Waals surface area (Å²) in [4.78, 5) is 27.3. The number of likely N-dealkylation sites (N-methyl/N-ethyl adjacent to an activating group) is 1. The van der Waals surface area contributed by atoms with E-state index in [9.17, 15) is 14.7 Å². The van der Waals surface area contributed by atoms with Crippen LogP contribution in [0, 0.1) is 0 Å². The SMILES string of the molecule is COCC1(C(=O)O)CCCN1C(=O)CN(C)C(C)C. The Hall–Kier alpha value is -1.14. The van der Waals surface area contributed by atoms with Crippen molar-refractivity contribution in [2.45, 2.75) is 38.3 Å². The summed E-state index contributed by atoms with van der Waals surface area (Å²) in [6.07, 6.45) is 1.15. The monoisotopic (exact) mass is 272 g/mol. The Bertz CT molecular complexity index is 346. The van der Waals surface area contributed by atoms with Crippen LogP contribution < -0.4 is 0 Å². The fraction of sp³-hybridized carbons (Fsp3) is 0.846. The predicted molar refractivity (Wildman–Crippen MR) is 71.0 cm³/mol. The summed E-state index contributed by atoms with van der Waals surface area (Å²) in [6.45, 7) is 4.75. The molecule has 1 N–H and O–H groups in total. The van der Waals surface area contributed by atoms with E-state index >= 15 is 0 Å². The van der Waals surface area contributed by atoms with Gasteiger partial charge in [0.15, 0.2) is 5.54 Å². The van der Waals surface area contributed by atoms with E-state index in [1.807, 2.05) is 25.8 Å². The molecule has 1 rings (SSSR count). The van der Waals surface area contributed by atoms with Crippen LogP contribution in [0.15, 0.2) is 0 Å². The normalized spacial score (nSPS) is 23.4. The minimum Gasteiger partial charge on any atom is -0.479 e. The molecule has 1 aliphatic heterocycles. The van der Waals surface area contributed by atoms with Gasteiger partial charge in [-0.15, -0.1) is 0 Å². The number of hydrogen-bond acceptors (Lipinski definition) is 4. The number of rotatable bonds is 6. The van der Waals surface area contributed by atoms with E-state index in [4.69, 9.17) is 4.74 Å². The van der Waals surface area contributed by atoms with Crippen LogP contribution >= 0.6 is 0 Å². The van der Waals surface area contributed by atoms with Gasteiger partial charge in [0.25, 0.3) is 0 Å². The van der Waals surface area contributed by atoms with Gasteiger partial charge < -0.3 is 14.7 Å². The van der Waals surface area contributed by atoms with E-state index in [1.165, 1.54) is 12.0 Å². The van der Waals surface area contributed by atoms with E-state index < -0.39 is 11.5 Å². The Kier molecular flexibility index (Phi) is 5.31. The molecule has 1 saturated heterocycles. The summed E-state index contributed by atoms with van der Waals surface area (Å²) in [5, 5.41) is 9.47. The van der Waals surface area contributed by atoms with Crippen molar-refractivity contribution in [3.8, 4) is 0 Å². The van der Waals surface area contributed by atoms with Gasteiger partial charge in [0.05, 0.1) is 13.2 Å². The number of carboxylic acids is 1. The first-order chi connectivity index (χ1) is 8.85. The lowest BCUT2D eigenvalue weighted by molar-refractivity contribution is -0.160. The first kappa shape index (κ1) is 15.9. The van der Waals surface area contributed by atoms with Gasteiger partial charge in [-0.1, -0.05) is 0 Å². The maximum atomic E-state index is 12.3. The molecule has 0 aromatic rings. The van der Waals surface area contributed by atoms with Crippen LogP contribution in [0.25, 0.3) is 0 Å². The van der Waals surface area contributed by atoms with E-state index in [0.717, 1.165) is 0 Å². The van der Waals surface area contributed by atoms with Gasteiger partial charge in [-0.05, 0) is 33.7 Å². The van der Waals surface area contributed by atoms with Crippen LogP contribution in [0.5, 0.6) is 0 Å². The lowest BCUT2D eigenvalue weighted by Crippen LogP contribution is -2.58. The van der Waals surface area contributed by atoms with E-state index in [0.29, 0.717) is 19.4 Å². The number of methoxy groups -OCH3 is 1. The fourth-order valence-electron chi connectivity index (χ4n) is 2.40. The molecule has 1 fully saturated rings. The van der Waals surface area contributed by atoms with Gasteiger partial charge in [0.2, 0.25) is 5.91 Å². The fourth-order valence-corrected chi connectivity index (χ4v) is 2.40.